The molecule has 0 rings (SSSR count). The van der Waals surface area contributed by atoms with E-state index < -0.39 is 0 Å². The van der Waals surface area contributed by atoms with Gasteiger partial charge in [-0.3, -0.25) is 4.79 Å². The highest BCUT2D eigenvalue weighted by molar-refractivity contribution is 5.71. The third kappa shape index (κ3) is 4.85. The van der Waals surface area contributed by atoms with Gasteiger partial charge in [-0.15, -0.1) is 0 Å². The Labute approximate surface area is 79.4 Å². The maximum atomic E-state index is 11.0. The molecule has 0 radical (unpaired) electrons. The van der Waals surface area contributed by atoms with Crippen LogP contribution in [0.25, 0.3) is 0 Å². The lowest BCUT2D eigenvalue weighted by Gasteiger charge is -2.18. The van der Waals surface area contributed by atoms with Gasteiger partial charge in [0.05, 0.1) is 18.1 Å². The van der Waals surface area contributed by atoms with Crippen LogP contribution in [-0.2, 0) is 14.3 Å². The number of nitrogens with two attached hydrogens (primary N) is 1. The van der Waals surface area contributed by atoms with Gasteiger partial charge >= 0.3 is 5.97 Å². The summed E-state index contributed by atoms with van der Waals surface area (Å²) in [5, 5.41) is 0. The van der Waals surface area contributed by atoms with Crippen molar-refractivity contribution < 1.29 is 14.3 Å². The SMILES string of the molecule is COC(C)C(N)COC(=O)C(C)C. The van der Waals surface area contributed by atoms with Crippen molar-refractivity contribution in [3.05, 3.63) is 0 Å². The topological polar surface area (TPSA) is 61.6 Å². The fraction of sp³-hybridized carbons (Fsp3) is 0.889. The molecule has 78 valence electrons. The van der Waals surface area contributed by atoms with Crippen molar-refractivity contribution in [1.29, 1.82) is 0 Å². The Bertz CT molecular complexity index is 159. The van der Waals surface area contributed by atoms with Gasteiger partial charge in [0.2, 0.25) is 0 Å². The van der Waals surface area contributed by atoms with Gasteiger partial charge in [0.1, 0.15) is 6.61 Å². The van der Waals surface area contributed by atoms with Crippen LogP contribution < -0.4 is 5.73 Å². The summed E-state index contributed by atoms with van der Waals surface area (Å²) in [4.78, 5) is 11.0. The molecule has 0 aliphatic rings. The summed E-state index contributed by atoms with van der Waals surface area (Å²) in [5.41, 5.74) is 5.67. The molecule has 0 aromatic heterocycles. The first-order valence-corrected chi connectivity index (χ1v) is 4.44. The van der Waals surface area contributed by atoms with E-state index in [4.69, 9.17) is 15.2 Å². The molecule has 0 fully saturated rings. The molecule has 0 amide bonds. The second kappa shape index (κ2) is 5.94. The predicted octanol–water partition coefficient (Wildman–Crippen LogP) is 0.548. The number of hydrogen-bond donors (Lipinski definition) is 1. The second-order valence-corrected chi connectivity index (χ2v) is 3.39. The minimum absolute atomic E-state index is 0.0973. The van der Waals surface area contributed by atoms with Crippen LogP contribution in [-0.4, -0.2) is 31.8 Å². The number of esters is 1. The molecule has 0 aromatic rings. The van der Waals surface area contributed by atoms with Crippen molar-refractivity contribution in [2.75, 3.05) is 13.7 Å². The maximum absolute atomic E-state index is 11.0. The smallest absolute Gasteiger partial charge is 0.308 e. The minimum atomic E-state index is -0.257. The monoisotopic (exact) mass is 189 g/mol. The standard InChI is InChI=1S/C9H19NO3/c1-6(2)9(11)13-5-8(10)7(3)12-4/h6-8H,5,10H2,1-4H3. The van der Waals surface area contributed by atoms with Gasteiger partial charge in [-0.05, 0) is 6.92 Å². The quantitative estimate of drug-likeness (QED) is 0.641. The summed E-state index contributed by atoms with van der Waals surface area (Å²) < 4.78 is 9.93. The largest absolute Gasteiger partial charge is 0.464 e. The molecule has 2 N–H and O–H groups in total. The van der Waals surface area contributed by atoms with Crippen molar-refractivity contribution in [2.45, 2.75) is 32.9 Å². The molecule has 0 saturated carbocycles. The molecule has 0 aromatic carbocycles. The van der Waals surface area contributed by atoms with E-state index in [0.29, 0.717) is 0 Å². The zero-order chi connectivity index (χ0) is 10.4. The highest BCUT2D eigenvalue weighted by Crippen LogP contribution is 1.99. The van der Waals surface area contributed by atoms with Crippen molar-refractivity contribution >= 4 is 5.97 Å². The van der Waals surface area contributed by atoms with Crippen molar-refractivity contribution in [1.82, 2.24) is 0 Å². The third-order valence-electron chi connectivity index (χ3n) is 1.86. The summed E-state index contributed by atoms with van der Waals surface area (Å²) in [6, 6.07) is -0.257. The zero-order valence-corrected chi connectivity index (χ0v) is 8.74. The van der Waals surface area contributed by atoms with Gasteiger partial charge in [-0.25, -0.2) is 0 Å². The summed E-state index contributed by atoms with van der Waals surface area (Å²) in [6.45, 7) is 5.63. The number of carbonyl (C=O) groups excluding carboxylic acids is 1. The molecule has 0 saturated heterocycles. The Morgan fingerprint density at radius 1 is 1.38 bits per heavy atom. The Morgan fingerprint density at radius 3 is 2.31 bits per heavy atom. The summed E-state index contributed by atoms with van der Waals surface area (Å²) in [6.07, 6.45) is -0.0973. The normalized spacial score (nSPS) is 15.5. The fourth-order valence-corrected chi connectivity index (χ4v) is 0.655. The van der Waals surface area contributed by atoms with Crippen LogP contribution in [0.4, 0.5) is 0 Å². The van der Waals surface area contributed by atoms with E-state index in [1.165, 1.54) is 0 Å². The van der Waals surface area contributed by atoms with Crippen molar-refractivity contribution in [2.24, 2.45) is 11.7 Å². The van der Waals surface area contributed by atoms with Crippen LogP contribution in [0.2, 0.25) is 0 Å². The molecular formula is C9H19NO3. The van der Waals surface area contributed by atoms with Gasteiger partial charge in [-0.1, -0.05) is 13.8 Å². The van der Waals surface area contributed by atoms with Crippen LogP contribution in [0.15, 0.2) is 0 Å². The number of methoxy groups -OCH3 is 1. The molecule has 0 aliphatic carbocycles. The van der Waals surface area contributed by atoms with Crippen molar-refractivity contribution in [3.63, 3.8) is 0 Å². The number of rotatable bonds is 5. The van der Waals surface area contributed by atoms with Gasteiger partial charge in [-0.2, -0.15) is 0 Å². The van der Waals surface area contributed by atoms with E-state index >= 15 is 0 Å². The average Bonchev–Trinajstić information content (AvgIpc) is 2.11. The third-order valence-corrected chi connectivity index (χ3v) is 1.86. The lowest BCUT2D eigenvalue weighted by molar-refractivity contribution is -0.148. The number of carbonyl (C=O) groups is 1. The zero-order valence-electron chi connectivity index (χ0n) is 8.74. The lowest BCUT2D eigenvalue weighted by atomic mass is 10.2. The summed E-state index contributed by atoms with van der Waals surface area (Å²) in [5.74, 6) is -0.330. The second-order valence-electron chi connectivity index (χ2n) is 3.39. The molecule has 2 unspecified atom stereocenters. The minimum Gasteiger partial charge on any atom is -0.464 e. The van der Waals surface area contributed by atoms with Gasteiger partial charge in [0.15, 0.2) is 0 Å². The first-order valence-electron chi connectivity index (χ1n) is 4.44. The fourth-order valence-electron chi connectivity index (χ4n) is 0.655. The number of hydrogen-bond acceptors (Lipinski definition) is 4. The average molecular weight is 189 g/mol. The van der Waals surface area contributed by atoms with E-state index in [-0.39, 0.29) is 30.6 Å². The maximum Gasteiger partial charge on any atom is 0.308 e. The van der Waals surface area contributed by atoms with Gasteiger partial charge in [0.25, 0.3) is 0 Å². The molecule has 0 bridgehead atoms. The molecule has 0 aliphatic heterocycles. The highest BCUT2D eigenvalue weighted by atomic mass is 16.5. The van der Waals surface area contributed by atoms with E-state index in [0.717, 1.165) is 0 Å². The summed E-state index contributed by atoms with van der Waals surface area (Å²) in [7, 11) is 1.58. The predicted molar refractivity (Wildman–Crippen MR) is 50.2 cm³/mol. The molecule has 13 heavy (non-hydrogen) atoms. The molecular weight excluding hydrogens is 170 g/mol. The van der Waals surface area contributed by atoms with Gasteiger partial charge < -0.3 is 15.2 Å². The van der Waals surface area contributed by atoms with E-state index in [9.17, 15) is 4.79 Å². The molecule has 2 atom stereocenters. The van der Waals surface area contributed by atoms with Crippen LogP contribution in [0.5, 0.6) is 0 Å². The molecule has 4 heteroatoms. The number of ether oxygens (including phenoxy) is 2. The molecule has 4 nitrogen and oxygen atoms in total. The highest BCUT2D eigenvalue weighted by Gasteiger charge is 2.15. The van der Waals surface area contributed by atoms with Crippen LogP contribution in [0.3, 0.4) is 0 Å². The first-order chi connectivity index (χ1) is 5.99. The summed E-state index contributed by atoms with van der Waals surface area (Å²) >= 11 is 0. The Morgan fingerprint density at radius 2 is 1.92 bits per heavy atom. The van der Waals surface area contributed by atoms with E-state index in [2.05, 4.69) is 0 Å². The Balaban J connectivity index is 3.69. The van der Waals surface area contributed by atoms with Crippen LogP contribution >= 0.6 is 0 Å². The first kappa shape index (κ1) is 12.4. The Kier molecular flexibility index (Phi) is 5.66. The lowest BCUT2D eigenvalue weighted by Crippen LogP contribution is -2.39. The Hall–Kier alpha value is -0.610. The van der Waals surface area contributed by atoms with E-state index in [1.54, 1.807) is 21.0 Å². The molecule has 0 spiro atoms. The van der Waals surface area contributed by atoms with Crippen LogP contribution in [0.1, 0.15) is 20.8 Å². The van der Waals surface area contributed by atoms with Crippen molar-refractivity contribution in [3.8, 4) is 0 Å². The molecule has 0 heterocycles. The van der Waals surface area contributed by atoms with E-state index in [1.807, 2.05) is 6.92 Å². The van der Waals surface area contributed by atoms with Crippen LogP contribution in [0, 0.1) is 5.92 Å². The van der Waals surface area contributed by atoms with Gasteiger partial charge in [0, 0.05) is 7.11 Å².